The average molecular weight is 448 g/mol. The van der Waals surface area contributed by atoms with Gasteiger partial charge in [0.1, 0.15) is 5.82 Å². The SMILES string of the molecule is CC(NC(=O)c1ccc2nc(-c3ccccc3)c(-c3ccccc3)nc2c1)c1ccc(F)cc1. The minimum atomic E-state index is -0.306. The quantitative estimate of drug-likeness (QED) is 0.330. The lowest BCUT2D eigenvalue weighted by Crippen LogP contribution is -2.26. The van der Waals surface area contributed by atoms with E-state index in [9.17, 15) is 9.18 Å². The standard InChI is InChI=1S/C29H22FN3O/c1-19(20-12-15-24(30)16-13-20)31-29(34)23-14-17-25-26(18-23)33-28(22-10-6-3-7-11-22)27(32-25)21-8-4-2-5-9-21/h2-19H,1H3,(H,31,34). The normalized spacial score (nSPS) is 11.8. The molecule has 1 amide bonds. The summed E-state index contributed by atoms with van der Waals surface area (Å²) in [6.45, 7) is 1.87. The first-order chi connectivity index (χ1) is 16.6. The number of nitrogens with zero attached hydrogens (tertiary/aromatic N) is 2. The molecule has 4 nitrogen and oxygen atoms in total. The highest BCUT2D eigenvalue weighted by Gasteiger charge is 2.16. The molecule has 5 heteroatoms. The van der Waals surface area contributed by atoms with Crippen molar-refractivity contribution in [3.63, 3.8) is 0 Å². The fraction of sp³-hybridized carbons (Fsp3) is 0.0690. The van der Waals surface area contributed by atoms with E-state index in [1.54, 1.807) is 24.3 Å². The maximum Gasteiger partial charge on any atom is 0.251 e. The van der Waals surface area contributed by atoms with Gasteiger partial charge in [-0.1, -0.05) is 72.8 Å². The number of carbonyl (C=O) groups excluding carboxylic acids is 1. The first kappa shape index (κ1) is 21.5. The number of rotatable bonds is 5. The van der Waals surface area contributed by atoms with Crippen molar-refractivity contribution < 1.29 is 9.18 Å². The maximum atomic E-state index is 13.2. The molecule has 0 aliphatic heterocycles. The minimum absolute atomic E-state index is 0.228. The number of amides is 1. The summed E-state index contributed by atoms with van der Waals surface area (Å²) in [4.78, 5) is 22.8. The van der Waals surface area contributed by atoms with Crippen molar-refractivity contribution in [1.29, 1.82) is 0 Å². The zero-order valence-electron chi connectivity index (χ0n) is 18.6. The number of aromatic nitrogens is 2. The van der Waals surface area contributed by atoms with Gasteiger partial charge in [0.2, 0.25) is 0 Å². The van der Waals surface area contributed by atoms with Gasteiger partial charge < -0.3 is 5.32 Å². The van der Waals surface area contributed by atoms with Gasteiger partial charge in [0, 0.05) is 16.7 Å². The Hall–Kier alpha value is -4.38. The first-order valence-electron chi connectivity index (χ1n) is 11.1. The van der Waals surface area contributed by atoms with Crippen LogP contribution in [-0.2, 0) is 0 Å². The van der Waals surface area contributed by atoms with Gasteiger partial charge in [0.05, 0.1) is 28.5 Å². The Morgan fingerprint density at radius 2 is 1.29 bits per heavy atom. The van der Waals surface area contributed by atoms with Crippen molar-refractivity contribution in [1.82, 2.24) is 15.3 Å². The van der Waals surface area contributed by atoms with E-state index in [1.165, 1.54) is 12.1 Å². The fourth-order valence-corrected chi connectivity index (χ4v) is 3.90. The summed E-state index contributed by atoms with van der Waals surface area (Å²) < 4.78 is 13.2. The minimum Gasteiger partial charge on any atom is -0.346 e. The van der Waals surface area contributed by atoms with Crippen LogP contribution in [0.4, 0.5) is 4.39 Å². The number of benzene rings is 4. The summed E-state index contributed by atoms with van der Waals surface area (Å²) in [6, 6.07) is 31.0. The van der Waals surface area contributed by atoms with Crippen molar-refractivity contribution >= 4 is 16.9 Å². The van der Waals surface area contributed by atoms with Crippen molar-refractivity contribution in [3.05, 3.63) is 120 Å². The molecular weight excluding hydrogens is 425 g/mol. The summed E-state index contributed by atoms with van der Waals surface area (Å²) in [5, 5.41) is 2.97. The molecule has 0 aliphatic rings. The molecule has 0 fully saturated rings. The highest BCUT2D eigenvalue weighted by Crippen LogP contribution is 2.31. The van der Waals surface area contributed by atoms with E-state index >= 15 is 0 Å². The summed E-state index contributed by atoms with van der Waals surface area (Å²) in [5.74, 6) is -0.534. The molecule has 34 heavy (non-hydrogen) atoms. The third-order valence-electron chi connectivity index (χ3n) is 5.74. The molecular formula is C29H22FN3O. The van der Waals surface area contributed by atoms with Gasteiger partial charge in [0.25, 0.3) is 5.91 Å². The predicted octanol–water partition coefficient (Wildman–Crippen LogP) is 6.59. The van der Waals surface area contributed by atoms with Gasteiger partial charge in [-0.25, -0.2) is 14.4 Å². The zero-order valence-corrected chi connectivity index (χ0v) is 18.6. The van der Waals surface area contributed by atoms with Gasteiger partial charge in [-0.05, 0) is 42.8 Å². The van der Waals surface area contributed by atoms with Crippen LogP contribution in [0.3, 0.4) is 0 Å². The lowest BCUT2D eigenvalue weighted by Gasteiger charge is -2.15. The summed E-state index contributed by atoms with van der Waals surface area (Å²) >= 11 is 0. The van der Waals surface area contributed by atoms with Crippen molar-refractivity contribution in [2.24, 2.45) is 0 Å². The van der Waals surface area contributed by atoms with E-state index in [1.807, 2.05) is 73.7 Å². The molecule has 5 rings (SSSR count). The van der Waals surface area contributed by atoms with Crippen LogP contribution < -0.4 is 5.32 Å². The number of nitrogens with one attached hydrogen (secondary N) is 1. The van der Waals surface area contributed by atoms with E-state index in [0.29, 0.717) is 16.6 Å². The van der Waals surface area contributed by atoms with Crippen LogP contribution in [0.5, 0.6) is 0 Å². The Morgan fingerprint density at radius 3 is 1.88 bits per heavy atom. The van der Waals surface area contributed by atoms with Gasteiger partial charge >= 0.3 is 0 Å². The highest BCUT2D eigenvalue weighted by molar-refractivity contribution is 5.98. The Morgan fingerprint density at radius 1 is 0.735 bits per heavy atom. The smallest absolute Gasteiger partial charge is 0.251 e. The topological polar surface area (TPSA) is 54.9 Å². The predicted molar refractivity (Wildman–Crippen MR) is 133 cm³/mol. The molecule has 1 N–H and O–H groups in total. The molecule has 1 unspecified atom stereocenters. The molecule has 0 bridgehead atoms. The van der Waals surface area contributed by atoms with Crippen LogP contribution in [0.15, 0.2) is 103 Å². The number of hydrogen-bond acceptors (Lipinski definition) is 3. The number of fused-ring (bicyclic) bond motifs is 1. The monoisotopic (exact) mass is 447 g/mol. The number of halogens is 1. The third kappa shape index (κ3) is 4.41. The number of hydrogen-bond donors (Lipinski definition) is 1. The van der Waals surface area contributed by atoms with E-state index in [2.05, 4.69) is 5.32 Å². The van der Waals surface area contributed by atoms with E-state index in [4.69, 9.17) is 9.97 Å². The Kier molecular flexibility index (Phi) is 5.83. The van der Waals surface area contributed by atoms with Gasteiger partial charge in [-0.15, -0.1) is 0 Å². The van der Waals surface area contributed by atoms with Crippen molar-refractivity contribution in [2.75, 3.05) is 0 Å². The highest BCUT2D eigenvalue weighted by atomic mass is 19.1. The maximum absolute atomic E-state index is 13.2. The largest absolute Gasteiger partial charge is 0.346 e. The molecule has 4 aromatic carbocycles. The average Bonchev–Trinajstić information content (AvgIpc) is 2.89. The van der Waals surface area contributed by atoms with Crippen LogP contribution >= 0.6 is 0 Å². The molecule has 0 saturated carbocycles. The van der Waals surface area contributed by atoms with E-state index in [-0.39, 0.29) is 17.8 Å². The van der Waals surface area contributed by atoms with Crippen LogP contribution in [-0.4, -0.2) is 15.9 Å². The summed E-state index contributed by atoms with van der Waals surface area (Å²) in [7, 11) is 0. The molecule has 166 valence electrons. The van der Waals surface area contributed by atoms with E-state index < -0.39 is 0 Å². The van der Waals surface area contributed by atoms with Crippen molar-refractivity contribution in [3.8, 4) is 22.5 Å². The lowest BCUT2D eigenvalue weighted by molar-refractivity contribution is 0.0940. The molecule has 1 atom stereocenters. The summed E-state index contributed by atoms with van der Waals surface area (Å²) in [6.07, 6.45) is 0. The Bertz CT molecular complexity index is 1450. The fourth-order valence-electron chi connectivity index (χ4n) is 3.90. The van der Waals surface area contributed by atoms with Gasteiger partial charge in [-0.2, -0.15) is 0 Å². The molecule has 1 aromatic heterocycles. The van der Waals surface area contributed by atoms with Crippen molar-refractivity contribution in [2.45, 2.75) is 13.0 Å². The van der Waals surface area contributed by atoms with Crippen LogP contribution in [0.1, 0.15) is 28.9 Å². The Balaban J connectivity index is 1.52. The van der Waals surface area contributed by atoms with Crippen LogP contribution in [0, 0.1) is 5.82 Å². The molecule has 1 heterocycles. The van der Waals surface area contributed by atoms with Gasteiger partial charge in [-0.3, -0.25) is 4.79 Å². The molecule has 0 saturated heterocycles. The van der Waals surface area contributed by atoms with Crippen LogP contribution in [0.25, 0.3) is 33.5 Å². The first-order valence-corrected chi connectivity index (χ1v) is 11.1. The molecule has 5 aromatic rings. The molecule has 0 spiro atoms. The second-order valence-electron chi connectivity index (χ2n) is 8.10. The second kappa shape index (κ2) is 9.24. The van der Waals surface area contributed by atoms with Gasteiger partial charge in [0.15, 0.2) is 0 Å². The second-order valence-corrected chi connectivity index (χ2v) is 8.10. The van der Waals surface area contributed by atoms with Crippen LogP contribution in [0.2, 0.25) is 0 Å². The van der Waals surface area contributed by atoms with E-state index in [0.717, 1.165) is 28.1 Å². The lowest BCUT2D eigenvalue weighted by atomic mass is 10.0. The Labute approximate surface area is 197 Å². The zero-order chi connectivity index (χ0) is 23.5. The third-order valence-corrected chi connectivity index (χ3v) is 5.74. The number of carbonyl (C=O) groups is 1. The molecule has 0 radical (unpaired) electrons. The summed E-state index contributed by atoms with van der Waals surface area (Å²) in [5.41, 5.74) is 6.15. The molecule has 0 aliphatic carbocycles.